The molecule has 8 nitrogen and oxygen atoms in total. The Morgan fingerprint density at radius 1 is 0.946 bits per heavy atom. The van der Waals surface area contributed by atoms with Crippen molar-refractivity contribution in [3.63, 3.8) is 0 Å². The van der Waals surface area contributed by atoms with Crippen molar-refractivity contribution in [2.45, 2.75) is 56.2 Å². The van der Waals surface area contributed by atoms with Crippen molar-refractivity contribution >= 4 is 16.6 Å². The first kappa shape index (κ1) is 21.5. The van der Waals surface area contributed by atoms with Crippen LogP contribution >= 0.6 is 0 Å². The molecule has 2 aliphatic heterocycles. The molecular weight excluding hydrogens is 462 g/mol. The number of pyridine rings is 1. The smallest absolute Gasteiger partial charge is 0.163 e. The zero-order valence-electron chi connectivity index (χ0n) is 20.6. The average Bonchev–Trinajstić information content (AvgIpc) is 3.76. The molecule has 186 valence electrons. The number of aromatic nitrogens is 6. The van der Waals surface area contributed by atoms with E-state index < -0.39 is 0 Å². The van der Waals surface area contributed by atoms with Crippen LogP contribution in [0.1, 0.15) is 43.7 Å². The van der Waals surface area contributed by atoms with Crippen molar-refractivity contribution in [1.82, 2.24) is 34.7 Å². The molecule has 8 heteroatoms. The summed E-state index contributed by atoms with van der Waals surface area (Å²) < 4.78 is 7.96. The molecule has 2 atom stereocenters. The van der Waals surface area contributed by atoms with E-state index in [2.05, 4.69) is 48.9 Å². The Bertz CT molecular complexity index is 1580. The topological polar surface area (TPSA) is 84.2 Å². The number of hydrogen-bond acceptors (Lipinski definition) is 6. The van der Waals surface area contributed by atoms with E-state index in [1.54, 1.807) is 0 Å². The van der Waals surface area contributed by atoms with E-state index in [0.717, 1.165) is 52.1 Å². The fourth-order valence-corrected chi connectivity index (χ4v) is 7.00. The van der Waals surface area contributed by atoms with Gasteiger partial charge in [-0.1, -0.05) is 12.1 Å². The Kier molecular flexibility index (Phi) is 4.91. The Morgan fingerprint density at radius 2 is 1.84 bits per heavy atom. The monoisotopic (exact) mass is 491 g/mol. The van der Waals surface area contributed by atoms with Crippen molar-refractivity contribution < 1.29 is 4.74 Å². The highest BCUT2D eigenvalue weighted by molar-refractivity contribution is 6.02. The summed E-state index contributed by atoms with van der Waals surface area (Å²) in [6.45, 7) is 2.05. The summed E-state index contributed by atoms with van der Waals surface area (Å²) in [6, 6.07) is 13.8. The Balaban J connectivity index is 1.21. The molecule has 3 aliphatic rings. The standard InChI is InChI=1S/C29H29N7O/c1-2-23(24-15-32-33-25(24)3-1)27-28(19-8-11-30-12-9-19)34-36-26(10-13-31-29(27)36)18-4-6-20(7-5-18)35-16-22-14-21(35)17-37-22/h1-3,8-13,15,18,20-22H,4-7,14,16-17H2,(H,32,33)/t18-,20+,21-,22-/m0/s1. The third-order valence-corrected chi connectivity index (χ3v) is 8.78. The van der Waals surface area contributed by atoms with E-state index in [4.69, 9.17) is 14.8 Å². The summed E-state index contributed by atoms with van der Waals surface area (Å²) in [6.07, 6.45) is 14.0. The van der Waals surface area contributed by atoms with Crippen molar-refractivity contribution in [3.8, 4) is 22.4 Å². The number of nitrogens with one attached hydrogen (secondary N) is 1. The van der Waals surface area contributed by atoms with Crippen LogP contribution < -0.4 is 0 Å². The third-order valence-electron chi connectivity index (χ3n) is 8.78. The number of benzene rings is 1. The van der Waals surface area contributed by atoms with Crippen LogP contribution in [0.2, 0.25) is 0 Å². The molecule has 2 bridgehead atoms. The number of aromatic amines is 1. The van der Waals surface area contributed by atoms with Crippen LogP contribution in [-0.4, -0.2) is 66.0 Å². The van der Waals surface area contributed by atoms with E-state index in [1.165, 1.54) is 37.8 Å². The first-order chi connectivity index (χ1) is 18.3. The van der Waals surface area contributed by atoms with E-state index >= 15 is 0 Å². The minimum Gasteiger partial charge on any atom is -0.375 e. The highest BCUT2D eigenvalue weighted by atomic mass is 16.5. The van der Waals surface area contributed by atoms with E-state index in [0.29, 0.717) is 24.1 Å². The molecule has 0 unspecified atom stereocenters. The van der Waals surface area contributed by atoms with Gasteiger partial charge in [-0.15, -0.1) is 0 Å². The van der Waals surface area contributed by atoms with Gasteiger partial charge < -0.3 is 4.74 Å². The number of rotatable bonds is 4. The molecule has 0 radical (unpaired) electrons. The molecule has 0 amide bonds. The number of nitrogens with zero attached hydrogens (tertiary/aromatic N) is 6. The normalized spacial score (nSPS) is 25.9. The van der Waals surface area contributed by atoms with Gasteiger partial charge in [-0.05, 0) is 61.9 Å². The number of likely N-dealkylation sites (tertiary alicyclic amines) is 1. The molecule has 3 fully saturated rings. The van der Waals surface area contributed by atoms with Gasteiger partial charge in [-0.3, -0.25) is 15.0 Å². The van der Waals surface area contributed by atoms with Gasteiger partial charge in [0.15, 0.2) is 5.65 Å². The Hall–Kier alpha value is -3.62. The van der Waals surface area contributed by atoms with Crippen LogP contribution in [0.15, 0.2) is 61.2 Å². The second-order valence-electron chi connectivity index (χ2n) is 10.7. The van der Waals surface area contributed by atoms with Gasteiger partial charge in [0.25, 0.3) is 0 Å². The molecule has 1 aliphatic carbocycles. The molecule has 0 spiro atoms. The molecule has 4 aromatic heterocycles. The summed E-state index contributed by atoms with van der Waals surface area (Å²) in [5.41, 5.74) is 7.27. The maximum atomic E-state index is 5.85. The first-order valence-electron chi connectivity index (χ1n) is 13.4. The molecule has 1 saturated carbocycles. The molecule has 1 N–H and O–H groups in total. The SMILES string of the molecule is c1cc(-c2c(-c3ccncc3)nn3c2nccc3[C@H]2CC[C@@H](N3C[C@@H]4C[C@H]3CO4)CC2)c2cn[nH]c2c1. The minimum absolute atomic E-state index is 0.469. The van der Waals surface area contributed by atoms with Crippen LogP contribution in [0.5, 0.6) is 0 Å². The number of H-pyrrole nitrogens is 1. The maximum Gasteiger partial charge on any atom is 0.163 e. The second-order valence-corrected chi connectivity index (χ2v) is 10.7. The molecule has 8 rings (SSSR count). The van der Waals surface area contributed by atoms with Gasteiger partial charge in [0.2, 0.25) is 0 Å². The summed E-state index contributed by atoms with van der Waals surface area (Å²) in [4.78, 5) is 11.9. The summed E-state index contributed by atoms with van der Waals surface area (Å²) in [7, 11) is 0. The lowest BCUT2D eigenvalue weighted by atomic mass is 9.83. The molecule has 1 aromatic carbocycles. The van der Waals surface area contributed by atoms with Crippen molar-refractivity contribution in [2.24, 2.45) is 0 Å². The molecule has 5 aromatic rings. The fourth-order valence-electron chi connectivity index (χ4n) is 7.00. The number of fused-ring (bicyclic) bond motifs is 4. The molecule has 37 heavy (non-hydrogen) atoms. The van der Waals surface area contributed by atoms with Gasteiger partial charge in [0.1, 0.15) is 5.69 Å². The lowest BCUT2D eigenvalue weighted by Gasteiger charge is -2.39. The predicted octanol–water partition coefficient (Wildman–Crippen LogP) is 4.83. The van der Waals surface area contributed by atoms with Crippen molar-refractivity contribution in [1.29, 1.82) is 0 Å². The van der Waals surface area contributed by atoms with Crippen LogP contribution in [0.25, 0.3) is 38.9 Å². The van der Waals surface area contributed by atoms with Gasteiger partial charge in [-0.25, -0.2) is 9.50 Å². The lowest BCUT2D eigenvalue weighted by Crippen LogP contribution is -2.45. The Morgan fingerprint density at radius 3 is 2.65 bits per heavy atom. The van der Waals surface area contributed by atoms with E-state index in [-0.39, 0.29) is 0 Å². The number of ether oxygens (including phenoxy) is 1. The van der Waals surface area contributed by atoms with Crippen molar-refractivity contribution in [3.05, 3.63) is 66.9 Å². The third kappa shape index (κ3) is 3.43. The zero-order valence-corrected chi connectivity index (χ0v) is 20.6. The second kappa shape index (κ2) is 8.46. The molecule has 2 saturated heterocycles. The summed E-state index contributed by atoms with van der Waals surface area (Å²) in [5.74, 6) is 0.473. The van der Waals surface area contributed by atoms with E-state index in [1.807, 2.05) is 36.9 Å². The van der Waals surface area contributed by atoms with Gasteiger partial charge in [-0.2, -0.15) is 10.2 Å². The van der Waals surface area contributed by atoms with Gasteiger partial charge >= 0.3 is 0 Å². The maximum absolute atomic E-state index is 5.85. The molecular formula is C29H29N7O. The fraction of sp³-hybridized carbons (Fsp3) is 0.379. The average molecular weight is 492 g/mol. The highest BCUT2D eigenvalue weighted by Gasteiger charge is 2.43. The quantitative estimate of drug-likeness (QED) is 0.388. The van der Waals surface area contributed by atoms with Gasteiger partial charge in [0.05, 0.1) is 30.0 Å². The van der Waals surface area contributed by atoms with E-state index in [9.17, 15) is 0 Å². The van der Waals surface area contributed by atoms with Crippen LogP contribution in [0, 0.1) is 0 Å². The zero-order chi connectivity index (χ0) is 24.3. The van der Waals surface area contributed by atoms with Gasteiger partial charge in [0, 0.05) is 59.8 Å². The van der Waals surface area contributed by atoms with Crippen LogP contribution in [-0.2, 0) is 4.74 Å². The largest absolute Gasteiger partial charge is 0.375 e. The Labute approximate surface area is 214 Å². The lowest BCUT2D eigenvalue weighted by molar-refractivity contribution is 0.00262. The first-order valence-corrected chi connectivity index (χ1v) is 13.4. The minimum atomic E-state index is 0.469. The number of morpholine rings is 1. The number of hydrogen-bond donors (Lipinski definition) is 1. The molecule has 6 heterocycles. The van der Waals surface area contributed by atoms with Crippen LogP contribution in [0.4, 0.5) is 0 Å². The highest BCUT2D eigenvalue weighted by Crippen LogP contribution is 2.42. The van der Waals surface area contributed by atoms with Crippen molar-refractivity contribution in [2.75, 3.05) is 13.2 Å². The van der Waals surface area contributed by atoms with Crippen LogP contribution in [0.3, 0.4) is 0 Å². The predicted molar refractivity (Wildman–Crippen MR) is 141 cm³/mol. The summed E-state index contributed by atoms with van der Waals surface area (Å²) >= 11 is 0. The summed E-state index contributed by atoms with van der Waals surface area (Å²) in [5, 5.41) is 13.7.